The van der Waals surface area contributed by atoms with Crippen molar-refractivity contribution in [2.75, 3.05) is 24.6 Å². The minimum atomic E-state index is -3.72. The number of rotatable bonds is 6. The van der Waals surface area contributed by atoms with Crippen molar-refractivity contribution in [3.05, 3.63) is 18.2 Å². The van der Waals surface area contributed by atoms with E-state index in [2.05, 4.69) is 17.0 Å². The van der Waals surface area contributed by atoms with Crippen LogP contribution in [0.25, 0.3) is 0 Å². The van der Waals surface area contributed by atoms with Gasteiger partial charge in [-0.05, 0) is 68.6 Å². The van der Waals surface area contributed by atoms with Gasteiger partial charge >= 0.3 is 0 Å². The van der Waals surface area contributed by atoms with E-state index < -0.39 is 10.0 Å². The van der Waals surface area contributed by atoms with Crippen LogP contribution in [-0.2, 0) is 19.6 Å². The molecule has 1 aromatic carbocycles. The molecule has 1 heterocycles. The number of ether oxygens (including phenoxy) is 1. The number of carbonyl (C=O) groups is 2. The first-order chi connectivity index (χ1) is 16.2. The molecule has 1 aliphatic heterocycles. The molecule has 3 aliphatic rings. The third-order valence-electron chi connectivity index (χ3n) is 7.70. The van der Waals surface area contributed by atoms with E-state index in [1.54, 1.807) is 6.07 Å². The number of benzene rings is 1. The van der Waals surface area contributed by atoms with Crippen molar-refractivity contribution in [1.29, 1.82) is 0 Å². The highest BCUT2D eigenvalue weighted by atomic mass is 32.2. The second-order valence-electron chi connectivity index (χ2n) is 10.1. The molecule has 188 valence electrons. The second-order valence-corrected chi connectivity index (χ2v) is 11.9. The van der Waals surface area contributed by atoms with E-state index in [1.165, 1.54) is 43.2 Å². The Balaban J connectivity index is 1.29. The van der Waals surface area contributed by atoms with Crippen molar-refractivity contribution in [2.24, 2.45) is 17.8 Å². The first-order valence-corrected chi connectivity index (χ1v) is 14.1. The molecule has 2 amide bonds. The summed E-state index contributed by atoms with van der Waals surface area (Å²) >= 11 is 0. The molecular weight excluding hydrogens is 454 g/mol. The van der Waals surface area contributed by atoms with Crippen molar-refractivity contribution in [3.8, 4) is 5.75 Å². The number of hydrogen-bond donors (Lipinski definition) is 2. The second kappa shape index (κ2) is 10.6. The first-order valence-electron chi connectivity index (χ1n) is 12.6. The number of carbonyl (C=O) groups excluding carboxylic acids is 2. The molecular formula is C25H37N3O5S. The minimum Gasteiger partial charge on any atom is -0.490 e. The number of anilines is 1. The number of nitrogens with one attached hydrogen (secondary N) is 2. The summed E-state index contributed by atoms with van der Waals surface area (Å²) < 4.78 is 34.2. The Hall–Kier alpha value is -2.13. The lowest BCUT2D eigenvalue weighted by Gasteiger charge is -2.33. The van der Waals surface area contributed by atoms with E-state index in [0.717, 1.165) is 32.1 Å². The zero-order valence-corrected chi connectivity index (χ0v) is 21.0. The number of sulfonamides is 1. The molecule has 8 nitrogen and oxygen atoms in total. The van der Waals surface area contributed by atoms with Gasteiger partial charge < -0.3 is 15.0 Å². The van der Waals surface area contributed by atoms with E-state index >= 15 is 0 Å². The molecule has 9 heteroatoms. The molecule has 2 atom stereocenters. The Morgan fingerprint density at radius 2 is 1.82 bits per heavy atom. The van der Waals surface area contributed by atoms with Crippen molar-refractivity contribution in [1.82, 2.24) is 10.0 Å². The van der Waals surface area contributed by atoms with Gasteiger partial charge in [0, 0.05) is 25.4 Å². The lowest BCUT2D eigenvalue weighted by Crippen LogP contribution is -2.44. The number of fused-ring (bicyclic) bond motifs is 1. The summed E-state index contributed by atoms with van der Waals surface area (Å²) in [6, 6.07) is 4.92. The Kier molecular flexibility index (Phi) is 7.82. The van der Waals surface area contributed by atoms with E-state index in [1.807, 2.05) is 0 Å². The Morgan fingerprint density at radius 1 is 1.09 bits per heavy atom. The summed E-state index contributed by atoms with van der Waals surface area (Å²) in [5, 5.41) is 3.28. The molecule has 0 spiro atoms. The summed E-state index contributed by atoms with van der Waals surface area (Å²) in [5.74, 6) is 1.32. The highest BCUT2D eigenvalue weighted by Gasteiger charge is 2.31. The highest BCUT2D eigenvalue weighted by Crippen LogP contribution is 2.34. The monoisotopic (exact) mass is 491 g/mol. The summed E-state index contributed by atoms with van der Waals surface area (Å²) in [7, 11) is -3.72. The average molecular weight is 492 g/mol. The third kappa shape index (κ3) is 5.74. The topological polar surface area (TPSA) is 105 Å². The van der Waals surface area contributed by atoms with Crippen LogP contribution in [0.3, 0.4) is 0 Å². The molecule has 0 bridgehead atoms. The predicted molar refractivity (Wildman–Crippen MR) is 130 cm³/mol. The minimum absolute atomic E-state index is 0.0280. The van der Waals surface area contributed by atoms with Gasteiger partial charge in [-0.1, -0.05) is 19.8 Å². The molecule has 0 saturated heterocycles. The zero-order chi connectivity index (χ0) is 24.3. The molecule has 34 heavy (non-hydrogen) atoms. The molecule has 1 aromatic rings. The Morgan fingerprint density at radius 3 is 2.53 bits per heavy atom. The van der Waals surface area contributed by atoms with E-state index in [4.69, 9.17) is 4.74 Å². The van der Waals surface area contributed by atoms with Crippen LogP contribution in [0.2, 0.25) is 0 Å². The first kappa shape index (κ1) is 25.0. The fraction of sp³-hybridized carbons (Fsp3) is 0.680. The zero-order valence-electron chi connectivity index (χ0n) is 20.2. The van der Waals surface area contributed by atoms with Gasteiger partial charge in [0.05, 0.1) is 17.1 Å². The normalized spacial score (nSPS) is 27.4. The van der Waals surface area contributed by atoms with Crippen molar-refractivity contribution < 1.29 is 22.7 Å². The van der Waals surface area contributed by atoms with Gasteiger partial charge in [-0.3, -0.25) is 9.59 Å². The third-order valence-corrected chi connectivity index (χ3v) is 9.12. The molecule has 2 saturated carbocycles. The van der Waals surface area contributed by atoms with Crippen LogP contribution in [-0.4, -0.2) is 46.0 Å². The molecule has 0 unspecified atom stereocenters. The largest absolute Gasteiger partial charge is 0.490 e. The average Bonchev–Trinajstić information content (AvgIpc) is 2.83. The van der Waals surface area contributed by atoms with Crippen LogP contribution in [0.5, 0.6) is 5.75 Å². The van der Waals surface area contributed by atoms with Gasteiger partial charge in [-0.15, -0.1) is 0 Å². The van der Waals surface area contributed by atoms with Crippen LogP contribution < -0.4 is 19.7 Å². The lowest BCUT2D eigenvalue weighted by molar-refractivity contribution is -0.127. The highest BCUT2D eigenvalue weighted by molar-refractivity contribution is 7.89. The van der Waals surface area contributed by atoms with Gasteiger partial charge in [0.2, 0.25) is 21.8 Å². The molecule has 2 N–H and O–H groups in total. The number of hydrogen-bond acceptors (Lipinski definition) is 5. The quantitative estimate of drug-likeness (QED) is 0.636. The Labute approximate surface area is 202 Å². The van der Waals surface area contributed by atoms with Crippen molar-refractivity contribution in [2.45, 2.75) is 76.2 Å². The maximum atomic E-state index is 12.9. The predicted octanol–water partition coefficient (Wildman–Crippen LogP) is 3.21. The Bertz CT molecular complexity index is 1000. The van der Waals surface area contributed by atoms with Gasteiger partial charge in [0.15, 0.2) is 0 Å². The number of amides is 2. The van der Waals surface area contributed by atoms with Crippen molar-refractivity contribution in [3.63, 3.8) is 0 Å². The van der Waals surface area contributed by atoms with Crippen LogP contribution in [0.1, 0.15) is 65.2 Å². The maximum Gasteiger partial charge on any atom is 0.240 e. The summed E-state index contributed by atoms with van der Waals surface area (Å²) in [4.78, 5) is 26.3. The maximum absolute atomic E-state index is 12.9. The van der Waals surface area contributed by atoms with Gasteiger partial charge in [-0.2, -0.15) is 0 Å². The molecule has 4 rings (SSSR count). The summed E-state index contributed by atoms with van der Waals surface area (Å²) in [6.07, 6.45) is 7.94. The molecule has 0 radical (unpaired) electrons. The molecule has 2 aliphatic carbocycles. The molecule has 0 aromatic heterocycles. The van der Waals surface area contributed by atoms with Crippen LogP contribution in [0.15, 0.2) is 23.1 Å². The van der Waals surface area contributed by atoms with Crippen molar-refractivity contribution >= 4 is 27.5 Å². The van der Waals surface area contributed by atoms with Gasteiger partial charge in [0.1, 0.15) is 12.4 Å². The fourth-order valence-electron chi connectivity index (χ4n) is 5.46. The van der Waals surface area contributed by atoms with Crippen LogP contribution in [0, 0.1) is 17.8 Å². The SMILES string of the molecule is CC(=O)N1CCOc2ccc(S(=O)(=O)NCC3CCC(C(=O)N[C@H]4CCCC[C@@H]4C)CC3)cc21. The smallest absolute Gasteiger partial charge is 0.240 e. The lowest BCUT2D eigenvalue weighted by atomic mass is 9.80. The number of nitrogens with zero attached hydrogens (tertiary/aromatic N) is 1. The van der Waals surface area contributed by atoms with E-state index in [0.29, 0.717) is 43.1 Å². The van der Waals surface area contributed by atoms with Gasteiger partial charge in [-0.25, -0.2) is 13.1 Å². The molecule has 2 fully saturated rings. The van der Waals surface area contributed by atoms with Crippen LogP contribution >= 0.6 is 0 Å². The standard InChI is InChI=1S/C25H37N3O5S/c1-17-5-3-4-6-22(17)27-25(30)20-9-7-19(8-10-20)16-26-34(31,32)21-11-12-24-23(15-21)28(18(2)29)13-14-33-24/h11-12,15,17,19-20,22,26H,3-10,13-14,16H2,1-2H3,(H,27,30)/t17-,19?,20?,22-/m0/s1. The van der Waals surface area contributed by atoms with E-state index in [-0.39, 0.29) is 28.5 Å². The van der Waals surface area contributed by atoms with Crippen LogP contribution in [0.4, 0.5) is 5.69 Å². The summed E-state index contributed by atoms with van der Waals surface area (Å²) in [5.41, 5.74) is 0.487. The van der Waals surface area contributed by atoms with Gasteiger partial charge in [0.25, 0.3) is 0 Å². The van der Waals surface area contributed by atoms with E-state index in [9.17, 15) is 18.0 Å². The summed E-state index contributed by atoms with van der Waals surface area (Å²) in [6.45, 7) is 4.81. The fourth-order valence-corrected chi connectivity index (χ4v) is 6.60.